The summed E-state index contributed by atoms with van der Waals surface area (Å²) >= 11 is 0. The zero-order valence-electron chi connectivity index (χ0n) is 24.7. The van der Waals surface area contributed by atoms with Gasteiger partial charge in [-0.05, 0) is 12.2 Å². The summed E-state index contributed by atoms with van der Waals surface area (Å²) in [6, 6.07) is 0. The van der Waals surface area contributed by atoms with Crippen molar-refractivity contribution in [1.82, 2.24) is 19.9 Å². The molecule has 1 aromatic rings. The lowest BCUT2D eigenvalue weighted by Crippen LogP contribution is -2.35. The number of hydrogen-bond acceptors (Lipinski definition) is 13. The molecule has 0 spiro atoms. The molecule has 0 amide bonds. The van der Waals surface area contributed by atoms with Crippen molar-refractivity contribution in [2.75, 3.05) is 130 Å². The summed E-state index contributed by atoms with van der Waals surface area (Å²) in [5.74, 6) is 0.630. The molecule has 0 aromatic carbocycles. The molecule has 0 bridgehead atoms. The monoisotopic (exact) mass is 597 g/mol. The minimum Gasteiger partial charge on any atom is -0.481 e. The number of carbonyl (C=O) groups is 1. The second kappa shape index (κ2) is 23.9. The molecule has 0 radical (unpaired) electrons. The van der Waals surface area contributed by atoms with Gasteiger partial charge in [-0.2, -0.15) is 9.97 Å². The minimum atomic E-state index is -0.873. The van der Waals surface area contributed by atoms with E-state index in [0.29, 0.717) is 117 Å². The lowest BCUT2D eigenvalue weighted by molar-refractivity contribution is -0.138. The van der Waals surface area contributed by atoms with Gasteiger partial charge in [0.25, 0.3) is 0 Å². The summed E-state index contributed by atoms with van der Waals surface area (Å²) in [6.07, 6.45) is 3.16. The first-order valence-electron chi connectivity index (χ1n) is 14.4. The van der Waals surface area contributed by atoms with Gasteiger partial charge >= 0.3 is 5.97 Å². The Morgan fingerprint density at radius 2 is 1.14 bits per heavy atom. The molecule has 0 atom stereocenters. The summed E-state index contributed by atoms with van der Waals surface area (Å²) in [7, 11) is 0. The Balaban J connectivity index is 1.67. The van der Waals surface area contributed by atoms with E-state index in [1.54, 1.807) is 12.2 Å². The van der Waals surface area contributed by atoms with Gasteiger partial charge in [0.1, 0.15) is 0 Å². The number of carboxylic acids is 1. The normalized spacial score (nSPS) is 17.3. The van der Waals surface area contributed by atoms with Crippen molar-refractivity contribution in [3.8, 4) is 0 Å². The van der Waals surface area contributed by atoms with Crippen LogP contribution in [0.3, 0.4) is 0 Å². The molecule has 1 aliphatic heterocycles. The quantitative estimate of drug-likeness (QED) is 0.285. The number of ether oxygens (including phenoxy) is 7. The first-order valence-corrected chi connectivity index (χ1v) is 14.4. The number of anilines is 1. The van der Waals surface area contributed by atoms with Crippen molar-refractivity contribution in [3.63, 3.8) is 0 Å². The van der Waals surface area contributed by atoms with E-state index >= 15 is 0 Å². The van der Waals surface area contributed by atoms with Gasteiger partial charge in [-0.3, -0.25) is 9.69 Å². The maximum Gasteiger partial charge on any atom is 0.305 e. The summed E-state index contributed by atoms with van der Waals surface area (Å²) in [4.78, 5) is 27.9. The number of aromatic nitrogens is 3. The first kappa shape index (κ1) is 35.6. The molecular formula is C28H47N5O9. The van der Waals surface area contributed by atoms with Crippen LogP contribution in [0.15, 0.2) is 13.2 Å². The van der Waals surface area contributed by atoms with Crippen molar-refractivity contribution in [1.29, 1.82) is 0 Å². The number of hydrogen-bond donors (Lipinski definition) is 1. The molecule has 1 saturated heterocycles. The molecule has 0 saturated carbocycles. The molecule has 238 valence electrons. The molecule has 42 heavy (non-hydrogen) atoms. The molecule has 0 aliphatic carbocycles. The van der Waals surface area contributed by atoms with Crippen LogP contribution in [0.2, 0.25) is 0 Å². The third-order valence-electron chi connectivity index (χ3n) is 5.92. The van der Waals surface area contributed by atoms with Crippen LogP contribution >= 0.6 is 0 Å². The Morgan fingerprint density at radius 3 is 1.62 bits per heavy atom. The van der Waals surface area contributed by atoms with E-state index in [1.165, 1.54) is 0 Å². The van der Waals surface area contributed by atoms with Crippen LogP contribution < -0.4 is 4.90 Å². The SMILES string of the molecule is C=Cc1nc(C=C)nc(N2CCOCCOCCN(CCOCCOCCOCCC(=O)O)CCOCCOCC2)n1. The van der Waals surface area contributed by atoms with Crippen molar-refractivity contribution in [2.45, 2.75) is 6.42 Å². The molecular weight excluding hydrogens is 550 g/mol. The van der Waals surface area contributed by atoms with Crippen LogP contribution in [0.1, 0.15) is 18.1 Å². The first-order chi connectivity index (χ1) is 20.6. The number of nitrogens with zero attached hydrogens (tertiary/aromatic N) is 5. The van der Waals surface area contributed by atoms with Crippen molar-refractivity contribution < 1.29 is 43.1 Å². The van der Waals surface area contributed by atoms with E-state index in [2.05, 4.69) is 33.0 Å². The van der Waals surface area contributed by atoms with Gasteiger partial charge in [0, 0.05) is 32.7 Å². The summed E-state index contributed by atoms with van der Waals surface area (Å²) < 4.78 is 39.5. The largest absolute Gasteiger partial charge is 0.481 e. The van der Waals surface area contributed by atoms with Gasteiger partial charge in [-0.15, -0.1) is 0 Å². The lowest BCUT2D eigenvalue weighted by atomic mass is 10.4. The third-order valence-corrected chi connectivity index (χ3v) is 5.92. The number of rotatable bonds is 15. The predicted octanol–water partition coefficient (Wildman–Crippen LogP) is 0.871. The van der Waals surface area contributed by atoms with Crippen LogP contribution in [0.4, 0.5) is 5.95 Å². The topological polar surface area (TPSA) is 147 Å². The third kappa shape index (κ3) is 17.4. The van der Waals surface area contributed by atoms with E-state index in [1.807, 2.05) is 4.90 Å². The van der Waals surface area contributed by atoms with Crippen LogP contribution in [0.25, 0.3) is 12.2 Å². The zero-order chi connectivity index (χ0) is 30.1. The highest BCUT2D eigenvalue weighted by atomic mass is 16.5. The Bertz CT molecular complexity index is 834. The molecule has 2 heterocycles. The average molecular weight is 598 g/mol. The fourth-order valence-electron chi connectivity index (χ4n) is 3.64. The van der Waals surface area contributed by atoms with E-state index < -0.39 is 5.97 Å². The van der Waals surface area contributed by atoms with Crippen LogP contribution in [-0.4, -0.2) is 156 Å². The highest BCUT2D eigenvalue weighted by molar-refractivity contribution is 5.66. The summed E-state index contributed by atoms with van der Waals surface area (Å²) in [6.45, 7) is 17.4. The Hall–Kier alpha value is -2.56. The minimum absolute atomic E-state index is 0.00501. The second-order valence-electron chi connectivity index (χ2n) is 9.02. The standard InChI is InChI=1S/C28H47N5O9/c1-3-25-29-26(4-2)31-28(30-25)33-9-15-40-20-18-37-12-6-32(7-13-38-19-21-41-16-10-33)8-14-39-22-24-42-23-17-36-11-5-27(34)35/h3-4H,1-2,5-24H2,(H,34,35). The van der Waals surface area contributed by atoms with Crippen molar-refractivity contribution in [3.05, 3.63) is 24.8 Å². The maximum absolute atomic E-state index is 10.4. The summed E-state index contributed by atoms with van der Waals surface area (Å²) in [5, 5.41) is 8.57. The van der Waals surface area contributed by atoms with E-state index in [9.17, 15) is 4.79 Å². The Labute approximate surface area is 248 Å². The molecule has 1 fully saturated rings. The van der Waals surface area contributed by atoms with E-state index in [4.69, 9.17) is 38.3 Å². The molecule has 2 rings (SSSR count). The van der Waals surface area contributed by atoms with Gasteiger partial charge in [-0.1, -0.05) is 13.2 Å². The van der Waals surface area contributed by atoms with Gasteiger partial charge in [-0.25, -0.2) is 4.98 Å². The van der Waals surface area contributed by atoms with Crippen molar-refractivity contribution >= 4 is 24.1 Å². The van der Waals surface area contributed by atoms with Crippen LogP contribution in [0, 0.1) is 0 Å². The molecule has 1 aliphatic rings. The molecule has 14 nitrogen and oxygen atoms in total. The predicted molar refractivity (Wildman–Crippen MR) is 157 cm³/mol. The molecule has 14 heteroatoms. The van der Waals surface area contributed by atoms with Gasteiger partial charge in [0.2, 0.25) is 5.95 Å². The average Bonchev–Trinajstić information content (AvgIpc) is 2.99. The highest BCUT2D eigenvalue weighted by Crippen LogP contribution is 2.10. The summed E-state index contributed by atoms with van der Waals surface area (Å²) in [5.41, 5.74) is 0. The number of carboxylic acid groups (broad SMARTS) is 1. The van der Waals surface area contributed by atoms with Gasteiger partial charge in [0.05, 0.1) is 98.9 Å². The second-order valence-corrected chi connectivity index (χ2v) is 9.02. The fraction of sp³-hybridized carbons (Fsp3) is 0.714. The lowest BCUT2D eigenvalue weighted by Gasteiger charge is -2.24. The van der Waals surface area contributed by atoms with Crippen molar-refractivity contribution in [2.24, 2.45) is 0 Å². The molecule has 0 unspecified atom stereocenters. The van der Waals surface area contributed by atoms with Crippen LogP contribution in [-0.2, 0) is 38.0 Å². The highest BCUT2D eigenvalue weighted by Gasteiger charge is 2.13. The maximum atomic E-state index is 10.4. The van der Waals surface area contributed by atoms with E-state index in [-0.39, 0.29) is 13.0 Å². The van der Waals surface area contributed by atoms with Gasteiger partial charge in [0.15, 0.2) is 11.6 Å². The molecule has 1 N–H and O–H groups in total. The van der Waals surface area contributed by atoms with Crippen LogP contribution in [0.5, 0.6) is 0 Å². The molecule has 1 aromatic heterocycles. The van der Waals surface area contributed by atoms with Gasteiger partial charge < -0.3 is 43.2 Å². The number of aliphatic carboxylic acids is 1. The smallest absolute Gasteiger partial charge is 0.305 e. The zero-order valence-corrected chi connectivity index (χ0v) is 24.7. The fourth-order valence-corrected chi connectivity index (χ4v) is 3.64. The van der Waals surface area contributed by atoms with E-state index in [0.717, 1.165) is 19.6 Å². The Morgan fingerprint density at radius 1 is 0.690 bits per heavy atom. The Kier molecular flexibility index (Phi) is 20.3.